The van der Waals surface area contributed by atoms with E-state index >= 15 is 0 Å². The highest BCUT2D eigenvalue weighted by Gasteiger charge is 2.42. The van der Waals surface area contributed by atoms with Crippen molar-refractivity contribution in [1.29, 1.82) is 0 Å². The van der Waals surface area contributed by atoms with Gasteiger partial charge in [0.1, 0.15) is 5.75 Å². The van der Waals surface area contributed by atoms with Gasteiger partial charge in [-0.25, -0.2) is 4.79 Å². The maximum absolute atomic E-state index is 13.2. The molecule has 2 N–H and O–H groups in total. The number of unbranched alkanes of at least 4 members (excludes halogenated alkanes) is 3. The van der Waals surface area contributed by atoms with E-state index in [9.17, 15) is 23.1 Å². The van der Waals surface area contributed by atoms with Crippen molar-refractivity contribution in [3.63, 3.8) is 0 Å². The lowest BCUT2D eigenvalue weighted by molar-refractivity contribution is -0.152. The maximum Gasteiger partial charge on any atom is 0.395 e. The molecule has 1 aromatic carbocycles. The highest BCUT2D eigenvalue weighted by molar-refractivity contribution is 5.90. The minimum atomic E-state index is -4.54. The lowest BCUT2D eigenvalue weighted by Gasteiger charge is -2.22. The summed E-state index contributed by atoms with van der Waals surface area (Å²) in [5.41, 5.74) is -0.780. The normalized spacial score (nSPS) is 13.1. The van der Waals surface area contributed by atoms with Crippen LogP contribution in [-0.2, 0) is 0 Å². The van der Waals surface area contributed by atoms with Crippen molar-refractivity contribution in [3.05, 3.63) is 29.3 Å². The zero-order chi connectivity index (χ0) is 16.0. The Labute approximate surface area is 121 Å². The summed E-state index contributed by atoms with van der Waals surface area (Å²) in [5.74, 6) is -3.65. The molecule has 0 aliphatic rings. The van der Waals surface area contributed by atoms with E-state index in [4.69, 9.17) is 5.11 Å². The number of rotatable bonds is 7. The van der Waals surface area contributed by atoms with Crippen LogP contribution in [0.1, 0.15) is 60.9 Å². The molecule has 0 fully saturated rings. The number of carbonyl (C=O) groups is 1. The summed E-state index contributed by atoms with van der Waals surface area (Å²) >= 11 is 0. The Morgan fingerprint density at radius 3 is 2.43 bits per heavy atom. The molecule has 0 amide bonds. The molecular formula is C15H19F3O3. The fourth-order valence-corrected chi connectivity index (χ4v) is 2.30. The number of aromatic hydroxyl groups is 1. The Kier molecular flexibility index (Phi) is 6.05. The number of hydrogen-bond acceptors (Lipinski definition) is 2. The van der Waals surface area contributed by atoms with E-state index in [1.807, 2.05) is 6.92 Å². The second kappa shape index (κ2) is 7.33. The fraction of sp³-hybridized carbons (Fsp3) is 0.533. The molecule has 1 atom stereocenters. The quantitative estimate of drug-likeness (QED) is 0.717. The second-order valence-electron chi connectivity index (χ2n) is 5.02. The molecule has 0 saturated heterocycles. The van der Waals surface area contributed by atoms with Crippen molar-refractivity contribution >= 4 is 5.97 Å². The Hall–Kier alpha value is -1.72. The second-order valence-corrected chi connectivity index (χ2v) is 5.02. The zero-order valence-electron chi connectivity index (χ0n) is 11.8. The maximum atomic E-state index is 13.2. The molecule has 6 heteroatoms. The standard InChI is InChI=1S/C15H19F3O3/c1-2-3-4-5-6-13(15(16,17)18)12-9-10(19)7-8-11(12)14(20)21/h7-9,13,19H,2-6H2,1H3,(H,20,21). The van der Waals surface area contributed by atoms with Gasteiger partial charge in [0.2, 0.25) is 0 Å². The minimum absolute atomic E-state index is 0.173. The number of carboxylic acids is 1. The molecule has 0 aliphatic carbocycles. The zero-order valence-corrected chi connectivity index (χ0v) is 11.8. The van der Waals surface area contributed by atoms with Crippen molar-refractivity contribution in [2.45, 2.75) is 51.1 Å². The monoisotopic (exact) mass is 304 g/mol. The summed E-state index contributed by atoms with van der Waals surface area (Å²) in [6, 6.07) is 3.00. The van der Waals surface area contributed by atoms with Crippen LogP contribution in [0.2, 0.25) is 0 Å². The van der Waals surface area contributed by atoms with Gasteiger partial charge in [-0.2, -0.15) is 13.2 Å². The molecule has 21 heavy (non-hydrogen) atoms. The van der Waals surface area contributed by atoms with E-state index in [0.717, 1.165) is 31.0 Å². The average molecular weight is 304 g/mol. The molecule has 1 unspecified atom stereocenters. The van der Waals surface area contributed by atoms with Crippen LogP contribution in [0.3, 0.4) is 0 Å². The molecular weight excluding hydrogens is 285 g/mol. The van der Waals surface area contributed by atoms with Gasteiger partial charge < -0.3 is 10.2 Å². The summed E-state index contributed by atoms with van der Waals surface area (Å²) in [6.45, 7) is 1.96. The van der Waals surface area contributed by atoms with Crippen LogP contribution < -0.4 is 0 Å². The van der Waals surface area contributed by atoms with Crippen molar-refractivity contribution in [3.8, 4) is 5.75 Å². The summed E-state index contributed by atoms with van der Waals surface area (Å²) in [5, 5.41) is 18.4. The lowest BCUT2D eigenvalue weighted by atomic mass is 9.88. The third kappa shape index (κ3) is 4.95. The van der Waals surface area contributed by atoms with E-state index in [2.05, 4.69) is 0 Å². The first-order valence-corrected chi connectivity index (χ1v) is 6.90. The molecule has 0 heterocycles. The van der Waals surface area contributed by atoms with Crippen LogP contribution in [0.5, 0.6) is 5.75 Å². The number of benzene rings is 1. The number of hydrogen-bond donors (Lipinski definition) is 2. The first-order chi connectivity index (χ1) is 9.77. The van der Waals surface area contributed by atoms with E-state index in [1.54, 1.807) is 0 Å². The molecule has 0 aliphatic heterocycles. The Bertz CT molecular complexity index is 484. The predicted octanol–water partition coefficient (Wildman–Crippen LogP) is 4.71. The van der Waals surface area contributed by atoms with Gasteiger partial charge in [-0.1, -0.05) is 32.6 Å². The number of phenols is 1. The van der Waals surface area contributed by atoms with Gasteiger partial charge in [-0.05, 0) is 30.2 Å². The molecule has 1 aromatic rings. The first-order valence-electron chi connectivity index (χ1n) is 6.90. The third-order valence-electron chi connectivity index (χ3n) is 3.38. The molecule has 0 aromatic heterocycles. The van der Waals surface area contributed by atoms with E-state index in [0.29, 0.717) is 12.8 Å². The van der Waals surface area contributed by atoms with Crippen LogP contribution in [0.25, 0.3) is 0 Å². The molecule has 1 rings (SSSR count). The molecule has 0 bridgehead atoms. The van der Waals surface area contributed by atoms with E-state index in [-0.39, 0.29) is 17.7 Å². The number of aromatic carboxylic acids is 1. The van der Waals surface area contributed by atoms with Gasteiger partial charge in [0.25, 0.3) is 0 Å². The summed E-state index contributed by atoms with van der Waals surface area (Å²) in [6.07, 6.45) is -1.92. The Balaban J connectivity index is 3.08. The van der Waals surface area contributed by atoms with Crippen LogP contribution >= 0.6 is 0 Å². The van der Waals surface area contributed by atoms with Gasteiger partial charge in [0.05, 0.1) is 11.5 Å². The van der Waals surface area contributed by atoms with Gasteiger partial charge in [0, 0.05) is 0 Å². The third-order valence-corrected chi connectivity index (χ3v) is 3.38. The van der Waals surface area contributed by atoms with Crippen LogP contribution in [0.4, 0.5) is 13.2 Å². The first kappa shape index (κ1) is 17.3. The minimum Gasteiger partial charge on any atom is -0.508 e. The topological polar surface area (TPSA) is 57.5 Å². The van der Waals surface area contributed by atoms with Crippen LogP contribution in [-0.4, -0.2) is 22.4 Å². The summed E-state index contributed by atoms with van der Waals surface area (Å²) in [4.78, 5) is 11.1. The number of alkyl halides is 3. The van der Waals surface area contributed by atoms with Crippen molar-refractivity contribution < 1.29 is 28.2 Å². The smallest absolute Gasteiger partial charge is 0.395 e. The number of phenolic OH excluding ortho intramolecular Hbond substituents is 1. The molecule has 0 saturated carbocycles. The highest BCUT2D eigenvalue weighted by Crippen LogP contribution is 2.41. The number of carboxylic acid groups (broad SMARTS) is 1. The van der Waals surface area contributed by atoms with Crippen LogP contribution in [0.15, 0.2) is 18.2 Å². The van der Waals surface area contributed by atoms with Crippen molar-refractivity contribution in [1.82, 2.24) is 0 Å². The largest absolute Gasteiger partial charge is 0.508 e. The Morgan fingerprint density at radius 1 is 1.24 bits per heavy atom. The van der Waals surface area contributed by atoms with Gasteiger partial charge >= 0.3 is 12.1 Å². The van der Waals surface area contributed by atoms with Gasteiger partial charge in [-0.3, -0.25) is 0 Å². The molecule has 3 nitrogen and oxygen atoms in total. The van der Waals surface area contributed by atoms with Gasteiger partial charge in [-0.15, -0.1) is 0 Å². The fourth-order valence-electron chi connectivity index (χ4n) is 2.30. The summed E-state index contributed by atoms with van der Waals surface area (Å²) in [7, 11) is 0. The lowest BCUT2D eigenvalue weighted by Crippen LogP contribution is -2.23. The Morgan fingerprint density at radius 2 is 1.90 bits per heavy atom. The van der Waals surface area contributed by atoms with Gasteiger partial charge in [0.15, 0.2) is 0 Å². The van der Waals surface area contributed by atoms with Crippen molar-refractivity contribution in [2.75, 3.05) is 0 Å². The predicted molar refractivity (Wildman–Crippen MR) is 72.6 cm³/mol. The SMILES string of the molecule is CCCCCCC(c1cc(O)ccc1C(=O)O)C(F)(F)F. The molecule has 0 radical (unpaired) electrons. The van der Waals surface area contributed by atoms with Crippen LogP contribution in [0, 0.1) is 0 Å². The highest BCUT2D eigenvalue weighted by atomic mass is 19.4. The van der Waals surface area contributed by atoms with E-state index < -0.39 is 23.6 Å². The average Bonchev–Trinajstić information content (AvgIpc) is 2.36. The number of halogens is 3. The molecule has 0 spiro atoms. The van der Waals surface area contributed by atoms with E-state index in [1.165, 1.54) is 0 Å². The summed E-state index contributed by atoms with van der Waals surface area (Å²) < 4.78 is 39.6. The molecule has 118 valence electrons. The van der Waals surface area contributed by atoms with Crippen molar-refractivity contribution in [2.24, 2.45) is 0 Å².